The van der Waals surface area contributed by atoms with Crippen LogP contribution in [0, 0.1) is 5.92 Å². The molecule has 4 nitrogen and oxygen atoms in total. The van der Waals surface area contributed by atoms with Crippen molar-refractivity contribution in [2.24, 2.45) is 16.6 Å². The number of piperidine rings is 1. The van der Waals surface area contributed by atoms with E-state index in [1.165, 1.54) is 16.5 Å². The first-order valence-corrected chi connectivity index (χ1v) is 8.66. The molecule has 1 aliphatic heterocycles. The second-order valence-electron chi connectivity index (χ2n) is 6.09. The molecular formula is C17H24IN3OS. The third kappa shape index (κ3) is 4.58. The maximum Gasteiger partial charge on any atom is 0.191 e. The molecule has 23 heavy (non-hydrogen) atoms. The zero-order valence-corrected chi connectivity index (χ0v) is 16.5. The predicted molar refractivity (Wildman–Crippen MR) is 109 cm³/mol. The normalized spacial score (nSPS) is 20.3. The molecule has 126 valence electrons. The lowest BCUT2D eigenvalue weighted by molar-refractivity contribution is 0.190. The number of hydrogen-bond donors (Lipinski definition) is 2. The Morgan fingerprint density at radius 3 is 3.00 bits per heavy atom. The number of nitrogens with zero attached hydrogens (tertiary/aromatic N) is 2. The second kappa shape index (κ2) is 8.30. The lowest BCUT2D eigenvalue weighted by Gasteiger charge is -2.31. The molecule has 1 aromatic carbocycles. The van der Waals surface area contributed by atoms with Crippen molar-refractivity contribution in [3.63, 3.8) is 0 Å². The molecule has 0 radical (unpaired) electrons. The molecule has 2 unspecified atom stereocenters. The zero-order valence-electron chi connectivity index (χ0n) is 13.3. The molecule has 3 rings (SSSR count). The van der Waals surface area contributed by atoms with Crippen LogP contribution in [0.5, 0.6) is 0 Å². The Bertz CT molecular complexity index is 640. The van der Waals surface area contributed by atoms with E-state index in [0.717, 1.165) is 24.4 Å². The fourth-order valence-corrected chi connectivity index (χ4v) is 3.98. The highest BCUT2D eigenvalue weighted by Crippen LogP contribution is 2.29. The SMILES string of the molecule is CC1CCCN(C(N)=NCC(O)c2cc3ccccc3s2)C1.I. The topological polar surface area (TPSA) is 61.8 Å². The van der Waals surface area contributed by atoms with Gasteiger partial charge in [0, 0.05) is 22.7 Å². The second-order valence-corrected chi connectivity index (χ2v) is 7.21. The van der Waals surface area contributed by atoms with Gasteiger partial charge in [-0.15, -0.1) is 35.3 Å². The minimum atomic E-state index is -0.585. The number of rotatable bonds is 3. The van der Waals surface area contributed by atoms with Gasteiger partial charge in [0.15, 0.2) is 5.96 Å². The van der Waals surface area contributed by atoms with Crippen molar-refractivity contribution in [3.8, 4) is 0 Å². The van der Waals surface area contributed by atoms with Crippen LogP contribution in [0.3, 0.4) is 0 Å². The van der Waals surface area contributed by atoms with Gasteiger partial charge in [-0.25, -0.2) is 0 Å². The van der Waals surface area contributed by atoms with E-state index in [1.807, 2.05) is 18.2 Å². The average molecular weight is 445 g/mol. The summed E-state index contributed by atoms with van der Waals surface area (Å²) in [5, 5.41) is 11.5. The van der Waals surface area contributed by atoms with Crippen LogP contribution in [0.25, 0.3) is 10.1 Å². The van der Waals surface area contributed by atoms with E-state index < -0.39 is 6.10 Å². The summed E-state index contributed by atoms with van der Waals surface area (Å²) in [6, 6.07) is 10.2. The monoisotopic (exact) mass is 445 g/mol. The summed E-state index contributed by atoms with van der Waals surface area (Å²) in [7, 11) is 0. The molecule has 0 aliphatic carbocycles. The number of benzene rings is 1. The van der Waals surface area contributed by atoms with Gasteiger partial charge in [-0.05, 0) is 36.3 Å². The van der Waals surface area contributed by atoms with E-state index in [9.17, 15) is 5.11 Å². The molecule has 2 atom stereocenters. The molecule has 6 heteroatoms. The van der Waals surface area contributed by atoms with Crippen molar-refractivity contribution >= 4 is 51.4 Å². The Kier molecular flexibility index (Phi) is 6.67. The minimum Gasteiger partial charge on any atom is -0.386 e. The van der Waals surface area contributed by atoms with Gasteiger partial charge in [0.2, 0.25) is 0 Å². The van der Waals surface area contributed by atoms with Gasteiger partial charge in [-0.1, -0.05) is 25.1 Å². The Labute approximate surface area is 158 Å². The number of aliphatic hydroxyl groups is 1. The van der Waals surface area contributed by atoms with Gasteiger partial charge in [0.25, 0.3) is 0 Å². The lowest BCUT2D eigenvalue weighted by atomic mass is 10.0. The summed E-state index contributed by atoms with van der Waals surface area (Å²) in [4.78, 5) is 7.49. The molecule has 1 fully saturated rings. The Morgan fingerprint density at radius 2 is 2.26 bits per heavy atom. The smallest absolute Gasteiger partial charge is 0.191 e. The van der Waals surface area contributed by atoms with Crippen molar-refractivity contribution in [1.29, 1.82) is 0 Å². The lowest BCUT2D eigenvalue weighted by Crippen LogP contribution is -2.43. The summed E-state index contributed by atoms with van der Waals surface area (Å²) in [6.07, 6.45) is 1.84. The number of guanidine groups is 1. The summed E-state index contributed by atoms with van der Waals surface area (Å²) >= 11 is 1.62. The molecule has 3 N–H and O–H groups in total. The van der Waals surface area contributed by atoms with E-state index in [-0.39, 0.29) is 24.0 Å². The molecule has 1 saturated heterocycles. The fraction of sp³-hybridized carbons (Fsp3) is 0.471. The Morgan fingerprint density at radius 1 is 1.48 bits per heavy atom. The van der Waals surface area contributed by atoms with E-state index in [2.05, 4.69) is 28.9 Å². The van der Waals surface area contributed by atoms with Gasteiger partial charge < -0.3 is 15.7 Å². The molecule has 1 aromatic heterocycles. The number of hydrogen-bond acceptors (Lipinski definition) is 3. The fourth-order valence-electron chi connectivity index (χ4n) is 2.93. The van der Waals surface area contributed by atoms with Crippen molar-refractivity contribution in [1.82, 2.24) is 4.90 Å². The third-order valence-corrected chi connectivity index (χ3v) is 5.40. The summed E-state index contributed by atoms with van der Waals surface area (Å²) in [6.45, 7) is 4.50. The number of thiophene rings is 1. The molecule has 2 aromatic rings. The van der Waals surface area contributed by atoms with Crippen LogP contribution in [0.4, 0.5) is 0 Å². The van der Waals surface area contributed by atoms with Gasteiger partial charge >= 0.3 is 0 Å². The maximum atomic E-state index is 10.4. The predicted octanol–water partition coefficient (Wildman–Crippen LogP) is 3.60. The molecule has 1 aliphatic rings. The van der Waals surface area contributed by atoms with Gasteiger partial charge in [-0.3, -0.25) is 4.99 Å². The molecule has 0 bridgehead atoms. The van der Waals surface area contributed by atoms with Crippen LogP contribution in [-0.4, -0.2) is 35.6 Å². The number of halogens is 1. The number of likely N-dealkylation sites (tertiary alicyclic amines) is 1. The van der Waals surface area contributed by atoms with Crippen LogP contribution in [-0.2, 0) is 0 Å². The van der Waals surface area contributed by atoms with Crippen LogP contribution in [0.2, 0.25) is 0 Å². The van der Waals surface area contributed by atoms with E-state index in [4.69, 9.17) is 5.73 Å². The van der Waals surface area contributed by atoms with Crippen molar-refractivity contribution in [2.45, 2.75) is 25.9 Å². The first kappa shape index (κ1) is 18.5. The van der Waals surface area contributed by atoms with Crippen LogP contribution >= 0.6 is 35.3 Å². The molecule has 0 saturated carbocycles. The zero-order chi connectivity index (χ0) is 15.5. The van der Waals surface area contributed by atoms with Crippen molar-refractivity contribution in [3.05, 3.63) is 35.2 Å². The number of aliphatic imine (C=N–C) groups is 1. The van der Waals surface area contributed by atoms with Crippen LogP contribution < -0.4 is 5.73 Å². The summed E-state index contributed by atoms with van der Waals surface area (Å²) in [5.41, 5.74) is 6.08. The maximum absolute atomic E-state index is 10.4. The standard InChI is InChI=1S/C17H23N3OS.HI/c1-12-5-4-8-20(11-12)17(18)19-10-14(21)16-9-13-6-2-3-7-15(13)22-16;/h2-3,6-7,9,12,14,21H,4-5,8,10-11H2,1H3,(H2,18,19);1H. The van der Waals surface area contributed by atoms with E-state index in [0.29, 0.717) is 18.4 Å². The van der Waals surface area contributed by atoms with Crippen LogP contribution in [0.1, 0.15) is 30.7 Å². The minimum absolute atomic E-state index is 0. The van der Waals surface area contributed by atoms with Gasteiger partial charge in [0.1, 0.15) is 6.10 Å². The number of nitrogens with two attached hydrogens (primary N) is 1. The molecule has 2 heterocycles. The Balaban J connectivity index is 0.00000192. The van der Waals surface area contributed by atoms with E-state index in [1.54, 1.807) is 11.3 Å². The molecule has 0 amide bonds. The quantitative estimate of drug-likeness (QED) is 0.431. The largest absolute Gasteiger partial charge is 0.386 e. The van der Waals surface area contributed by atoms with Crippen LogP contribution in [0.15, 0.2) is 35.3 Å². The number of aliphatic hydroxyl groups excluding tert-OH is 1. The average Bonchev–Trinajstić information content (AvgIpc) is 2.96. The highest BCUT2D eigenvalue weighted by atomic mass is 127. The Hall–Kier alpha value is -0.860. The summed E-state index contributed by atoms with van der Waals surface area (Å²) in [5.74, 6) is 1.22. The first-order valence-electron chi connectivity index (χ1n) is 7.85. The number of fused-ring (bicyclic) bond motifs is 1. The van der Waals surface area contributed by atoms with Crippen molar-refractivity contribution in [2.75, 3.05) is 19.6 Å². The van der Waals surface area contributed by atoms with Gasteiger partial charge in [-0.2, -0.15) is 0 Å². The first-order chi connectivity index (χ1) is 10.6. The highest BCUT2D eigenvalue weighted by Gasteiger charge is 2.18. The van der Waals surface area contributed by atoms with Gasteiger partial charge in [0.05, 0.1) is 6.54 Å². The molecule has 0 spiro atoms. The highest BCUT2D eigenvalue weighted by molar-refractivity contribution is 14.0. The van der Waals surface area contributed by atoms with Crippen molar-refractivity contribution < 1.29 is 5.11 Å². The third-order valence-electron chi connectivity index (χ3n) is 4.18. The van der Waals surface area contributed by atoms with E-state index >= 15 is 0 Å². The molecular weight excluding hydrogens is 421 g/mol. The summed E-state index contributed by atoms with van der Waals surface area (Å²) < 4.78 is 1.19.